The van der Waals surface area contributed by atoms with Gasteiger partial charge >= 0.3 is 0 Å². The van der Waals surface area contributed by atoms with E-state index in [4.69, 9.17) is 4.74 Å². The first-order valence-corrected chi connectivity index (χ1v) is 10.8. The van der Waals surface area contributed by atoms with Gasteiger partial charge in [0, 0.05) is 24.4 Å². The first kappa shape index (κ1) is 21.1. The molecule has 0 aliphatic carbocycles. The Morgan fingerprint density at radius 1 is 1.34 bits per heavy atom. The van der Waals surface area contributed by atoms with Crippen LogP contribution < -0.4 is 15.0 Å². The summed E-state index contributed by atoms with van der Waals surface area (Å²) in [4.78, 5) is 27.1. The van der Waals surface area contributed by atoms with Gasteiger partial charge in [0.05, 0.1) is 11.1 Å². The minimum absolute atomic E-state index is 0.0624. The molecule has 0 radical (unpaired) electrons. The first-order chi connectivity index (χ1) is 13.8. The number of nitrogens with zero attached hydrogens (tertiary/aromatic N) is 1. The second-order valence-corrected chi connectivity index (χ2v) is 9.15. The fourth-order valence-corrected chi connectivity index (χ4v) is 3.69. The van der Waals surface area contributed by atoms with Gasteiger partial charge in [0.25, 0.3) is 0 Å². The molecule has 3 rings (SSSR count). The molecule has 5 nitrogen and oxygen atoms in total. The number of ether oxygens (including phenoxy) is 1. The molecule has 29 heavy (non-hydrogen) atoms. The van der Waals surface area contributed by atoms with Crippen molar-refractivity contribution < 1.29 is 14.3 Å². The fraction of sp³-hybridized carbons (Fsp3) is 0.391. The standard InChI is InChI=1S/C23H28N2O3S/c1-16(2)9-11-25-19-7-6-18(13-20(19)28-15-23(3,4)22(25)27)24-21(26)8-5-17-10-12-29-14-17/h5-8,10,12-14,16H,9,11,15H2,1-4H3,(H,24,26)/b8-5+. The number of hydrogen-bond acceptors (Lipinski definition) is 4. The van der Waals surface area contributed by atoms with Crippen molar-refractivity contribution in [2.24, 2.45) is 11.3 Å². The first-order valence-electron chi connectivity index (χ1n) is 9.86. The Morgan fingerprint density at radius 2 is 2.14 bits per heavy atom. The van der Waals surface area contributed by atoms with Crippen LogP contribution in [0.3, 0.4) is 0 Å². The molecule has 0 unspecified atom stereocenters. The van der Waals surface area contributed by atoms with Crippen molar-refractivity contribution in [3.8, 4) is 5.75 Å². The largest absolute Gasteiger partial charge is 0.490 e. The highest BCUT2D eigenvalue weighted by atomic mass is 32.1. The summed E-state index contributed by atoms with van der Waals surface area (Å²) in [5, 5.41) is 6.81. The number of hydrogen-bond donors (Lipinski definition) is 1. The molecule has 2 amide bonds. The van der Waals surface area contributed by atoms with Gasteiger partial charge in [0.15, 0.2) is 0 Å². The van der Waals surface area contributed by atoms with Crippen LogP contribution in [0, 0.1) is 11.3 Å². The zero-order valence-corrected chi connectivity index (χ0v) is 18.2. The Balaban J connectivity index is 1.80. The van der Waals surface area contributed by atoms with Gasteiger partial charge in [-0.3, -0.25) is 9.59 Å². The van der Waals surface area contributed by atoms with E-state index in [0.29, 0.717) is 30.5 Å². The number of carbonyl (C=O) groups excluding carboxylic acids is 2. The van der Waals surface area contributed by atoms with E-state index < -0.39 is 5.41 Å². The van der Waals surface area contributed by atoms with Crippen molar-refractivity contribution in [1.29, 1.82) is 0 Å². The molecule has 0 fully saturated rings. The summed E-state index contributed by atoms with van der Waals surface area (Å²) in [7, 11) is 0. The molecule has 0 saturated heterocycles. The Morgan fingerprint density at radius 3 is 2.83 bits per heavy atom. The zero-order chi connectivity index (χ0) is 21.0. The molecular formula is C23H28N2O3S. The third-order valence-corrected chi connectivity index (χ3v) is 5.53. The van der Waals surface area contributed by atoms with Gasteiger partial charge in [-0.15, -0.1) is 0 Å². The lowest BCUT2D eigenvalue weighted by Crippen LogP contribution is -2.42. The number of thiophene rings is 1. The third-order valence-electron chi connectivity index (χ3n) is 4.83. The molecule has 2 heterocycles. The number of carbonyl (C=O) groups is 2. The van der Waals surface area contributed by atoms with Crippen molar-refractivity contribution in [1.82, 2.24) is 0 Å². The number of benzene rings is 1. The summed E-state index contributed by atoms with van der Waals surface area (Å²) < 4.78 is 5.98. The molecule has 0 spiro atoms. The maximum Gasteiger partial charge on any atom is 0.248 e. The van der Waals surface area contributed by atoms with Gasteiger partial charge in [0.1, 0.15) is 12.4 Å². The van der Waals surface area contributed by atoms with Crippen LogP contribution in [-0.4, -0.2) is 25.0 Å². The van der Waals surface area contributed by atoms with Crippen LogP contribution in [0.1, 0.15) is 39.7 Å². The molecular weight excluding hydrogens is 384 g/mol. The molecule has 0 bridgehead atoms. The highest BCUT2D eigenvalue weighted by Crippen LogP contribution is 2.38. The smallest absolute Gasteiger partial charge is 0.248 e. The average molecular weight is 413 g/mol. The van der Waals surface area contributed by atoms with E-state index in [-0.39, 0.29) is 11.8 Å². The van der Waals surface area contributed by atoms with E-state index in [1.807, 2.05) is 47.7 Å². The third kappa shape index (κ3) is 5.26. The van der Waals surface area contributed by atoms with Crippen molar-refractivity contribution in [3.63, 3.8) is 0 Å². The van der Waals surface area contributed by atoms with Gasteiger partial charge < -0.3 is 15.0 Å². The quantitative estimate of drug-likeness (QED) is 0.664. The van der Waals surface area contributed by atoms with E-state index in [0.717, 1.165) is 17.7 Å². The Kier molecular flexibility index (Phi) is 6.42. The molecule has 0 atom stereocenters. The topological polar surface area (TPSA) is 58.6 Å². The van der Waals surface area contributed by atoms with E-state index in [1.54, 1.807) is 23.5 Å². The lowest BCUT2D eigenvalue weighted by Gasteiger charge is -2.28. The lowest BCUT2D eigenvalue weighted by atomic mass is 9.92. The molecule has 1 N–H and O–H groups in total. The number of nitrogens with one attached hydrogen (secondary N) is 1. The van der Waals surface area contributed by atoms with Gasteiger partial charge in [-0.2, -0.15) is 11.3 Å². The van der Waals surface area contributed by atoms with Crippen LogP contribution in [0.2, 0.25) is 0 Å². The SMILES string of the molecule is CC(C)CCN1C(=O)C(C)(C)COc2cc(NC(=O)/C=C/c3ccsc3)ccc21. The van der Waals surface area contributed by atoms with Crippen LogP contribution >= 0.6 is 11.3 Å². The minimum Gasteiger partial charge on any atom is -0.490 e. The normalized spacial score (nSPS) is 15.9. The molecule has 6 heteroatoms. The molecule has 1 aromatic heterocycles. The Bertz CT molecular complexity index is 901. The number of fused-ring (bicyclic) bond motifs is 1. The Hall–Kier alpha value is -2.60. The average Bonchev–Trinajstić information content (AvgIpc) is 3.16. The monoisotopic (exact) mass is 412 g/mol. The summed E-state index contributed by atoms with van der Waals surface area (Å²) in [6.45, 7) is 9.04. The highest BCUT2D eigenvalue weighted by molar-refractivity contribution is 7.08. The zero-order valence-electron chi connectivity index (χ0n) is 17.4. The van der Waals surface area contributed by atoms with E-state index in [1.165, 1.54) is 6.08 Å². The van der Waals surface area contributed by atoms with Crippen molar-refractivity contribution in [3.05, 3.63) is 46.7 Å². The van der Waals surface area contributed by atoms with Crippen LogP contribution in [0.4, 0.5) is 11.4 Å². The minimum atomic E-state index is -0.608. The van der Waals surface area contributed by atoms with Crippen LogP contribution in [0.5, 0.6) is 5.75 Å². The highest BCUT2D eigenvalue weighted by Gasteiger charge is 2.37. The van der Waals surface area contributed by atoms with E-state index in [2.05, 4.69) is 19.2 Å². The summed E-state index contributed by atoms with van der Waals surface area (Å²) in [6.07, 6.45) is 4.20. The number of rotatable bonds is 6. The lowest BCUT2D eigenvalue weighted by molar-refractivity contribution is -0.127. The maximum atomic E-state index is 13.1. The number of anilines is 2. The fourth-order valence-electron chi connectivity index (χ4n) is 3.06. The summed E-state index contributed by atoms with van der Waals surface area (Å²) in [5.41, 5.74) is 1.78. The summed E-state index contributed by atoms with van der Waals surface area (Å²) >= 11 is 1.59. The predicted octanol–water partition coefficient (Wildman–Crippen LogP) is 5.20. The van der Waals surface area contributed by atoms with Crippen molar-refractivity contribution >= 4 is 40.6 Å². The molecule has 1 aromatic carbocycles. The van der Waals surface area contributed by atoms with Gasteiger partial charge in [-0.05, 0) is 66.8 Å². The van der Waals surface area contributed by atoms with Crippen LogP contribution in [0.25, 0.3) is 6.08 Å². The molecule has 2 aromatic rings. The van der Waals surface area contributed by atoms with Crippen molar-refractivity contribution in [2.45, 2.75) is 34.1 Å². The molecule has 1 aliphatic heterocycles. The van der Waals surface area contributed by atoms with Crippen LogP contribution in [0.15, 0.2) is 41.1 Å². The second-order valence-electron chi connectivity index (χ2n) is 8.37. The van der Waals surface area contributed by atoms with Gasteiger partial charge in [-0.25, -0.2) is 0 Å². The molecule has 0 saturated carbocycles. The summed E-state index contributed by atoms with van der Waals surface area (Å²) in [5.74, 6) is 0.963. The van der Waals surface area contributed by atoms with Gasteiger partial charge in [0.2, 0.25) is 11.8 Å². The Labute approximate surface area is 176 Å². The van der Waals surface area contributed by atoms with Crippen molar-refractivity contribution in [2.75, 3.05) is 23.4 Å². The maximum absolute atomic E-state index is 13.1. The second kappa shape index (κ2) is 8.82. The van der Waals surface area contributed by atoms with Gasteiger partial charge in [-0.1, -0.05) is 13.8 Å². The predicted molar refractivity (Wildman–Crippen MR) is 120 cm³/mol. The molecule has 1 aliphatic rings. The number of amides is 2. The van der Waals surface area contributed by atoms with Crippen LogP contribution in [-0.2, 0) is 9.59 Å². The molecule has 154 valence electrons. The van der Waals surface area contributed by atoms with E-state index in [9.17, 15) is 9.59 Å². The van der Waals surface area contributed by atoms with E-state index >= 15 is 0 Å². The summed E-state index contributed by atoms with van der Waals surface area (Å²) in [6, 6.07) is 7.41.